The van der Waals surface area contributed by atoms with Gasteiger partial charge < -0.3 is 14.6 Å². The number of carbonyl (C=O) groups is 1. The van der Waals surface area contributed by atoms with E-state index in [2.05, 4.69) is 48.3 Å². The molecule has 31 heavy (non-hydrogen) atoms. The van der Waals surface area contributed by atoms with Crippen LogP contribution < -0.4 is 0 Å². The quantitative estimate of drug-likeness (QED) is 0.508. The van der Waals surface area contributed by atoms with Crippen molar-refractivity contribution in [3.8, 4) is 11.4 Å². The van der Waals surface area contributed by atoms with Crippen LogP contribution in [0.15, 0.2) is 54.6 Å². The predicted octanol–water partition coefficient (Wildman–Crippen LogP) is 4.87. The molecule has 3 heterocycles. The molecule has 0 atom stereocenters. The van der Waals surface area contributed by atoms with Crippen molar-refractivity contribution in [3.63, 3.8) is 0 Å². The number of ether oxygens (including phenoxy) is 1. The number of aromatic nitrogens is 2. The number of hydrogen-bond acceptors (Lipinski definition) is 3. The molecule has 2 aromatic heterocycles. The molecule has 0 spiro atoms. The molecule has 0 saturated carbocycles. The monoisotopic (exact) mass is 413 g/mol. The van der Waals surface area contributed by atoms with Gasteiger partial charge in [0, 0.05) is 35.8 Å². The van der Waals surface area contributed by atoms with Crippen molar-refractivity contribution in [2.45, 2.75) is 26.2 Å². The SMILES string of the molecule is Cc1ccc2[nH]c(-c3ccc4ccccc4n3)c(CCCC(=O)N3CCOCC3)c2c1. The van der Waals surface area contributed by atoms with Crippen LogP contribution in [0, 0.1) is 6.92 Å². The number of benzene rings is 2. The molecule has 1 fully saturated rings. The van der Waals surface area contributed by atoms with Crippen molar-refractivity contribution < 1.29 is 9.53 Å². The van der Waals surface area contributed by atoms with Gasteiger partial charge in [-0.25, -0.2) is 4.98 Å². The molecule has 5 nitrogen and oxygen atoms in total. The van der Waals surface area contributed by atoms with Crippen LogP contribution in [0.5, 0.6) is 0 Å². The molecule has 1 aliphatic heterocycles. The summed E-state index contributed by atoms with van der Waals surface area (Å²) in [6.45, 7) is 4.82. The molecule has 0 aliphatic carbocycles. The summed E-state index contributed by atoms with van der Waals surface area (Å²) in [4.78, 5) is 23.0. The van der Waals surface area contributed by atoms with Gasteiger partial charge in [0.2, 0.25) is 5.91 Å². The number of pyridine rings is 1. The molecule has 4 aromatic rings. The average molecular weight is 414 g/mol. The number of carbonyl (C=O) groups excluding carboxylic acids is 1. The van der Waals surface area contributed by atoms with Crippen molar-refractivity contribution in [1.82, 2.24) is 14.9 Å². The fourth-order valence-electron chi connectivity index (χ4n) is 4.43. The Bertz CT molecular complexity index is 1240. The fourth-order valence-corrected chi connectivity index (χ4v) is 4.43. The molecule has 0 unspecified atom stereocenters. The lowest BCUT2D eigenvalue weighted by Gasteiger charge is -2.26. The molecular formula is C26H27N3O2. The number of H-pyrrole nitrogens is 1. The zero-order chi connectivity index (χ0) is 21.2. The van der Waals surface area contributed by atoms with E-state index < -0.39 is 0 Å². The standard InChI is InChI=1S/C26H27N3O2/c1-18-9-11-23-21(17-18)20(6-4-8-25(30)29-13-15-31-16-14-29)26(28-23)24-12-10-19-5-2-3-7-22(19)27-24/h2-3,5,7,9-12,17,28H,4,6,8,13-16H2,1H3. The maximum absolute atomic E-state index is 12.6. The molecular weight excluding hydrogens is 386 g/mol. The number of nitrogens with one attached hydrogen (secondary N) is 1. The second kappa shape index (κ2) is 8.52. The number of para-hydroxylation sites is 1. The van der Waals surface area contributed by atoms with Gasteiger partial charge in [0.1, 0.15) is 0 Å². The van der Waals surface area contributed by atoms with Crippen molar-refractivity contribution >= 4 is 27.7 Å². The van der Waals surface area contributed by atoms with E-state index in [1.54, 1.807) is 0 Å². The average Bonchev–Trinajstić information content (AvgIpc) is 3.17. The third kappa shape index (κ3) is 4.06. The highest BCUT2D eigenvalue weighted by Crippen LogP contribution is 2.32. The number of aromatic amines is 1. The minimum atomic E-state index is 0.227. The number of morpholine rings is 1. The Kier molecular flexibility index (Phi) is 5.43. The van der Waals surface area contributed by atoms with Gasteiger partial charge in [-0.1, -0.05) is 35.9 Å². The van der Waals surface area contributed by atoms with Gasteiger partial charge in [0.25, 0.3) is 0 Å². The van der Waals surface area contributed by atoms with Gasteiger partial charge in [-0.3, -0.25) is 4.79 Å². The summed E-state index contributed by atoms with van der Waals surface area (Å²) in [5.41, 5.74) is 6.59. The zero-order valence-electron chi connectivity index (χ0n) is 17.9. The van der Waals surface area contributed by atoms with E-state index in [9.17, 15) is 4.79 Å². The molecule has 1 saturated heterocycles. The highest BCUT2D eigenvalue weighted by molar-refractivity contribution is 5.92. The zero-order valence-corrected chi connectivity index (χ0v) is 17.9. The summed E-state index contributed by atoms with van der Waals surface area (Å²) in [5, 5.41) is 2.36. The summed E-state index contributed by atoms with van der Waals surface area (Å²) < 4.78 is 5.36. The first kappa shape index (κ1) is 19.8. The van der Waals surface area contributed by atoms with Gasteiger partial charge in [0.15, 0.2) is 0 Å². The van der Waals surface area contributed by atoms with Crippen molar-refractivity contribution in [1.29, 1.82) is 0 Å². The number of hydrogen-bond donors (Lipinski definition) is 1. The van der Waals surface area contributed by atoms with Gasteiger partial charge in [-0.05, 0) is 49.6 Å². The lowest BCUT2D eigenvalue weighted by molar-refractivity contribution is -0.135. The normalized spacial score (nSPS) is 14.4. The summed E-state index contributed by atoms with van der Waals surface area (Å²) in [6, 6.07) is 18.9. The predicted molar refractivity (Wildman–Crippen MR) is 124 cm³/mol. The van der Waals surface area contributed by atoms with Gasteiger partial charge >= 0.3 is 0 Å². The lowest BCUT2D eigenvalue weighted by atomic mass is 10.0. The number of fused-ring (bicyclic) bond motifs is 2. The van der Waals surface area contributed by atoms with Crippen LogP contribution in [-0.2, 0) is 16.0 Å². The smallest absolute Gasteiger partial charge is 0.222 e. The first-order chi connectivity index (χ1) is 15.2. The Morgan fingerprint density at radius 3 is 2.81 bits per heavy atom. The van der Waals surface area contributed by atoms with E-state index in [0.29, 0.717) is 32.7 Å². The van der Waals surface area contributed by atoms with E-state index >= 15 is 0 Å². The number of aryl methyl sites for hydroxylation is 2. The number of amides is 1. The van der Waals surface area contributed by atoms with Gasteiger partial charge in [-0.15, -0.1) is 0 Å². The fraction of sp³-hybridized carbons (Fsp3) is 0.308. The van der Waals surface area contributed by atoms with Crippen LogP contribution in [0.25, 0.3) is 33.2 Å². The first-order valence-corrected chi connectivity index (χ1v) is 11.0. The Morgan fingerprint density at radius 2 is 1.94 bits per heavy atom. The second-order valence-corrected chi connectivity index (χ2v) is 8.26. The highest BCUT2D eigenvalue weighted by Gasteiger charge is 2.18. The minimum Gasteiger partial charge on any atom is -0.378 e. The maximum atomic E-state index is 12.6. The third-order valence-electron chi connectivity index (χ3n) is 6.10. The van der Waals surface area contributed by atoms with Crippen molar-refractivity contribution in [3.05, 3.63) is 65.7 Å². The van der Waals surface area contributed by atoms with Gasteiger partial charge in [0.05, 0.1) is 30.1 Å². The molecule has 1 amide bonds. The number of rotatable bonds is 5. The van der Waals surface area contributed by atoms with E-state index in [0.717, 1.165) is 40.6 Å². The van der Waals surface area contributed by atoms with E-state index in [4.69, 9.17) is 9.72 Å². The summed E-state index contributed by atoms with van der Waals surface area (Å²) in [7, 11) is 0. The van der Waals surface area contributed by atoms with Crippen LogP contribution in [0.4, 0.5) is 0 Å². The van der Waals surface area contributed by atoms with E-state index in [-0.39, 0.29) is 5.91 Å². The Hall–Kier alpha value is -3.18. The largest absolute Gasteiger partial charge is 0.378 e. The third-order valence-corrected chi connectivity index (χ3v) is 6.10. The summed E-state index contributed by atoms with van der Waals surface area (Å²) in [5.74, 6) is 0.227. The van der Waals surface area contributed by atoms with Crippen LogP contribution in [0.3, 0.4) is 0 Å². The highest BCUT2D eigenvalue weighted by atomic mass is 16.5. The maximum Gasteiger partial charge on any atom is 0.222 e. The van der Waals surface area contributed by atoms with Crippen LogP contribution in [0.2, 0.25) is 0 Å². The van der Waals surface area contributed by atoms with E-state index in [1.165, 1.54) is 16.5 Å². The second-order valence-electron chi connectivity index (χ2n) is 8.26. The Balaban J connectivity index is 1.45. The van der Waals surface area contributed by atoms with Crippen LogP contribution >= 0.6 is 0 Å². The number of nitrogens with zero attached hydrogens (tertiary/aromatic N) is 2. The van der Waals surface area contributed by atoms with Crippen molar-refractivity contribution in [2.75, 3.05) is 26.3 Å². The molecule has 1 aliphatic rings. The van der Waals surface area contributed by atoms with Crippen LogP contribution in [-0.4, -0.2) is 47.1 Å². The Morgan fingerprint density at radius 1 is 1.10 bits per heavy atom. The van der Waals surface area contributed by atoms with Gasteiger partial charge in [-0.2, -0.15) is 0 Å². The molecule has 2 aromatic carbocycles. The molecule has 0 radical (unpaired) electrons. The van der Waals surface area contributed by atoms with Crippen molar-refractivity contribution in [2.24, 2.45) is 0 Å². The molecule has 1 N–H and O–H groups in total. The topological polar surface area (TPSA) is 58.2 Å². The summed E-state index contributed by atoms with van der Waals surface area (Å²) in [6.07, 6.45) is 2.21. The minimum absolute atomic E-state index is 0.227. The molecule has 158 valence electrons. The lowest BCUT2D eigenvalue weighted by Crippen LogP contribution is -2.40. The first-order valence-electron chi connectivity index (χ1n) is 11.0. The molecule has 5 rings (SSSR count). The van der Waals surface area contributed by atoms with E-state index in [1.807, 2.05) is 23.1 Å². The Labute approximate surface area is 182 Å². The summed E-state index contributed by atoms with van der Waals surface area (Å²) >= 11 is 0. The molecule has 0 bridgehead atoms. The van der Waals surface area contributed by atoms with Crippen LogP contribution in [0.1, 0.15) is 24.0 Å². The molecule has 5 heteroatoms.